The van der Waals surface area contributed by atoms with Gasteiger partial charge >= 0.3 is 0 Å². The van der Waals surface area contributed by atoms with E-state index in [-0.39, 0.29) is 6.04 Å². The molecule has 0 aliphatic heterocycles. The van der Waals surface area contributed by atoms with Gasteiger partial charge in [0.05, 0.1) is 0 Å². The Kier molecular flexibility index (Phi) is 3.46. The lowest BCUT2D eigenvalue weighted by Gasteiger charge is -2.32. The largest absolute Gasteiger partial charge is 0.324 e. The molecule has 19 heavy (non-hydrogen) atoms. The van der Waals surface area contributed by atoms with Gasteiger partial charge in [-0.05, 0) is 60.1 Å². The molecule has 2 aromatic rings. The Balaban J connectivity index is 1.75. The highest BCUT2D eigenvalue weighted by Crippen LogP contribution is 2.40. The summed E-state index contributed by atoms with van der Waals surface area (Å²) in [5, 5.41) is 0. The van der Waals surface area contributed by atoms with Crippen molar-refractivity contribution in [2.24, 2.45) is 5.73 Å². The molecule has 0 amide bonds. The summed E-state index contributed by atoms with van der Waals surface area (Å²) in [5.74, 6) is 0.634. The first-order valence-corrected chi connectivity index (χ1v) is 7.54. The van der Waals surface area contributed by atoms with Gasteiger partial charge in [0.25, 0.3) is 0 Å². The lowest BCUT2D eigenvalue weighted by atomic mass is 9.73. The summed E-state index contributed by atoms with van der Waals surface area (Å²) in [6.07, 6.45) is 2.22. The van der Waals surface area contributed by atoms with Crippen LogP contribution in [0.3, 0.4) is 0 Å². The number of halogens is 1. The molecule has 2 heteroatoms. The van der Waals surface area contributed by atoms with Crippen LogP contribution in [0.15, 0.2) is 46.9 Å². The predicted octanol–water partition coefficient (Wildman–Crippen LogP) is 4.49. The summed E-state index contributed by atoms with van der Waals surface area (Å²) in [4.78, 5) is 0. The van der Waals surface area contributed by atoms with E-state index in [1.54, 1.807) is 0 Å². The molecule has 0 fully saturated rings. The third kappa shape index (κ3) is 2.47. The maximum absolute atomic E-state index is 6.40. The molecule has 2 atom stereocenters. The highest BCUT2D eigenvalue weighted by Gasteiger charge is 2.27. The third-order valence-electron chi connectivity index (χ3n) is 4.13. The summed E-state index contributed by atoms with van der Waals surface area (Å²) in [7, 11) is 0. The van der Waals surface area contributed by atoms with Crippen LogP contribution in [0, 0.1) is 6.92 Å². The van der Waals surface area contributed by atoms with E-state index in [0.717, 1.165) is 10.9 Å². The van der Waals surface area contributed by atoms with Crippen molar-refractivity contribution in [1.29, 1.82) is 0 Å². The first-order chi connectivity index (χ1) is 9.15. The Morgan fingerprint density at radius 1 is 1.26 bits per heavy atom. The summed E-state index contributed by atoms with van der Waals surface area (Å²) in [6.45, 7) is 2.13. The van der Waals surface area contributed by atoms with Crippen molar-refractivity contribution in [2.75, 3.05) is 0 Å². The molecule has 2 unspecified atom stereocenters. The molecule has 0 saturated heterocycles. The van der Waals surface area contributed by atoms with Crippen LogP contribution in [0.25, 0.3) is 0 Å². The van der Waals surface area contributed by atoms with Crippen LogP contribution in [0.1, 0.15) is 40.6 Å². The number of hydrogen-bond donors (Lipinski definition) is 1. The van der Waals surface area contributed by atoms with E-state index in [2.05, 4.69) is 65.3 Å². The SMILES string of the molecule is Cc1cc(Br)ccc1C(N)CC1Cc2ccccc21. The van der Waals surface area contributed by atoms with Crippen molar-refractivity contribution in [3.05, 3.63) is 69.2 Å². The molecule has 1 aliphatic rings. The van der Waals surface area contributed by atoms with Gasteiger partial charge in [0.1, 0.15) is 0 Å². The number of fused-ring (bicyclic) bond motifs is 1. The first kappa shape index (κ1) is 12.9. The van der Waals surface area contributed by atoms with E-state index < -0.39 is 0 Å². The third-order valence-corrected chi connectivity index (χ3v) is 4.62. The maximum Gasteiger partial charge on any atom is 0.0303 e. The van der Waals surface area contributed by atoms with E-state index in [9.17, 15) is 0 Å². The van der Waals surface area contributed by atoms with Gasteiger partial charge in [-0.3, -0.25) is 0 Å². The van der Waals surface area contributed by atoms with Gasteiger partial charge in [0.2, 0.25) is 0 Å². The van der Waals surface area contributed by atoms with Gasteiger partial charge in [-0.1, -0.05) is 46.3 Å². The fourth-order valence-electron chi connectivity index (χ4n) is 3.06. The molecule has 0 radical (unpaired) electrons. The smallest absolute Gasteiger partial charge is 0.0303 e. The van der Waals surface area contributed by atoms with Crippen molar-refractivity contribution < 1.29 is 0 Å². The Labute approximate surface area is 123 Å². The number of rotatable bonds is 3. The average molecular weight is 316 g/mol. The minimum absolute atomic E-state index is 0.131. The molecule has 98 valence electrons. The minimum Gasteiger partial charge on any atom is -0.324 e. The molecule has 2 N–H and O–H groups in total. The molecule has 2 aromatic carbocycles. The second kappa shape index (κ2) is 5.10. The fraction of sp³-hybridized carbons (Fsp3) is 0.294. The Hall–Kier alpha value is -1.12. The van der Waals surface area contributed by atoms with Crippen LogP contribution in [0.4, 0.5) is 0 Å². The quantitative estimate of drug-likeness (QED) is 0.887. The van der Waals surface area contributed by atoms with Crippen molar-refractivity contribution in [3.63, 3.8) is 0 Å². The van der Waals surface area contributed by atoms with Gasteiger partial charge in [0, 0.05) is 10.5 Å². The molecule has 0 bridgehead atoms. The highest BCUT2D eigenvalue weighted by molar-refractivity contribution is 9.10. The van der Waals surface area contributed by atoms with Crippen molar-refractivity contribution >= 4 is 15.9 Å². The predicted molar refractivity (Wildman–Crippen MR) is 83.3 cm³/mol. The molecule has 3 rings (SSSR count). The van der Waals surface area contributed by atoms with E-state index in [0.29, 0.717) is 5.92 Å². The minimum atomic E-state index is 0.131. The van der Waals surface area contributed by atoms with Gasteiger partial charge in [0.15, 0.2) is 0 Å². The summed E-state index contributed by atoms with van der Waals surface area (Å²) in [6, 6.07) is 15.2. The van der Waals surface area contributed by atoms with Gasteiger partial charge in [-0.25, -0.2) is 0 Å². The van der Waals surface area contributed by atoms with E-state index in [1.807, 2.05) is 0 Å². The van der Waals surface area contributed by atoms with Crippen LogP contribution in [-0.2, 0) is 6.42 Å². The summed E-state index contributed by atoms with van der Waals surface area (Å²) in [5.41, 5.74) is 11.9. The fourth-order valence-corrected chi connectivity index (χ4v) is 3.54. The van der Waals surface area contributed by atoms with Crippen LogP contribution < -0.4 is 5.73 Å². The molecule has 0 heterocycles. The van der Waals surface area contributed by atoms with E-state index >= 15 is 0 Å². The molecule has 1 aliphatic carbocycles. The molecule has 0 spiro atoms. The van der Waals surface area contributed by atoms with Crippen molar-refractivity contribution in [2.45, 2.75) is 31.7 Å². The lowest BCUT2D eigenvalue weighted by molar-refractivity contribution is 0.497. The Morgan fingerprint density at radius 2 is 2.05 bits per heavy atom. The normalized spacial score (nSPS) is 18.6. The zero-order valence-electron chi connectivity index (χ0n) is 11.1. The molecule has 0 saturated carbocycles. The second-order valence-electron chi connectivity index (χ2n) is 5.44. The monoisotopic (exact) mass is 315 g/mol. The van der Waals surface area contributed by atoms with Gasteiger partial charge in [-0.2, -0.15) is 0 Å². The van der Waals surface area contributed by atoms with Gasteiger partial charge in [-0.15, -0.1) is 0 Å². The highest BCUT2D eigenvalue weighted by atomic mass is 79.9. The Morgan fingerprint density at radius 3 is 2.79 bits per heavy atom. The number of hydrogen-bond acceptors (Lipinski definition) is 1. The molecular formula is C17H18BrN. The summed E-state index contributed by atoms with van der Waals surface area (Å²) >= 11 is 3.50. The number of aryl methyl sites for hydroxylation is 1. The average Bonchev–Trinajstić information content (AvgIpc) is 2.35. The van der Waals surface area contributed by atoms with E-state index in [1.165, 1.54) is 28.7 Å². The van der Waals surface area contributed by atoms with Gasteiger partial charge < -0.3 is 5.73 Å². The van der Waals surface area contributed by atoms with E-state index in [4.69, 9.17) is 5.73 Å². The topological polar surface area (TPSA) is 26.0 Å². The van der Waals surface area contributed by atoms with Crippen molar-refractivity contribution in [3.8, 4) is 0 Å². The molecular weight excluding hydrogens is 298 g/mol. The van der Waals surface area contributed by atoms with Crippen LogP contribution >= 0.6 is 15.9 Å². The lowest BCUT2D eigenvalue weighted by Crippen LogP contribution is -2.23. The standard InChI is InChI=1S/C17H18BrN/c1-11-8-14(18)6-7-15(11)17(19)10-13-9-12-4-2-3-5-16(12)13/h2-8,13,17H,9-10,19H2,1H3. The number of nitrogens with two attached hydrogens (primary N) is 1. The van der Waals surface area contributed by atoms with Crippen LogP contribution in [0.2, 0.25) is 0 Å². The van der Waals surface area contributed by atoms with Crippen molar-refractivity contribution in [1.82, 2.24) is 0 Å². The first-order valence-electron chi connectivity index (χ1n) is 6.74. The van der Waals surface area contributed by atoms with Crippen LogP contribution in [0.5, 0.6) is 0 Å². The zero-order valence-corrected chi connectivity index (χ0v) is 12.7. The second-order valence-corrected chi connectivity index (χ2v) is 6.36. The zero-order chi connectivity index (χ0) is 13.4. The maximum atomic E-state index is 6.40. The number of benzene rings is 2. The summed E-state index contributed by atoms with van der Waals surface area (Å²) < 4.78 is 1.12. The van der Waals surface area contributed by atoms with Crippen LogP contribution in [-0.4, -0.2) is 0 Å². The molecule has 0 aromatic heterocycles. The molecule has 1 nitrogen and oxygen atoms in total. The Bertz CT molecular complexity index is 606.